The van der Waals surface area contributed by atoms with Crippen molar-refractivity contribution in [3.05, 3.63) is 29.8 Å². The number of unbranched alkanes of at least 4 members (excludes halogenated alkanes) is 1. The second kappa shape index (κ2) is 6.46. The van der Waals surface area contributed by atoms with Gasteiger partial charge in [0.1, 0.15) is 0 Å². The Kier molecular flexibility index (Phi) is 5.19. The fourth-order valence-electron chi connectivity index (χ4n) is 1.65. The molecule has 84 valence electrons. The SMILES string of the molecule is CC(C)c1ccccc1NCCCCN. The summed E-state index contributed by atoms with van der Waals surface area (Å²) in [6, 6.07) is 8.52. The lowest BCUT2D eigenvalue weighted by Gasteiger charge is -2.14. The van der Waals surface area contributed by atoms with Crippen LogP contribution in [-0.4, -0.2) is 13.1 Å². The predicted octanol–water partition coefficient (Wildman–Crippen LogP) is 2.96. The van der Waals surface area contributed by atoms with Gasteiger partial charge in [0.05, 0.1) is 0 Å². The van der Waals surface area contributed by atoms with Gasteiger partial charge in [-0.2, -0.15) is 0 Å². The van der Waals surface area contributed by atoms with Gasteiger partial charge < -0.3 is 11.1 Å². The van der Waals surface area contributed by atoms with Gasteiger partial charge in [0.15, 0.2) is 0 Å². The standard InChI is InChI=1S/C13H22N2/c1-11(2)12-7-3-4-8-13(12)15-10-6-5-9-14/h3-4,7-8,11,15H,5-6,9-10,14H2,1-2H3. The quantitative estimate of drug-likeness (QED) is 0.702. The average molecular weight is 206 g/mol. The molecule has 0 spiro atoms. The van der Waals surface area contributed by atoms with E-state index in [1.807, 2.05) is 0 Å². The molecule has 0 bridgehead atoms. The topological polar surface area (TPSA) is 38.0 Å². The number of nitrogens with two attached hydrogens (primary N) is 1. The zero-order chi connectivity index (χ0) is 11.1. The molecule has 0 radical (unpaired) electrons. The molecule has 0 saturated heterocycles. The van der Waals surface area contributed by atoms with Crippen LogP contribution in [0.3, 0.4) is 0 Å². The Hall–Kier alpha value is -1.02. The average Bonchev–Trinajstić information content (AvgIpc) is 2.25. The van der Waals surface area contributed by atoms with Crippen molar-refractivity contribution < 1.29 is 0 Å². The number of para-hydroxylation sites is 1. The summed E-state index contributed by atoms with van der Waals surface area (Å²) in [5.74, 6) is 0.572. The Labute approximate surface area is 92.9 Å². The van der Waals surface area contributed by atoms with Crippen LogP contribution < -0.4 is 11.1 Å². The number of hydrogen-bond donors (Lipinski definition) is 2. The Morgan fingerprint density at radius 2 is 1.93 bits per heavy atom. The largest absolute Gasteiger partial charge is 0.385 e. The van der Waals surface area contributed by atoms with Crippen LogP contribution in [0, 0.1) is 0 Å². The molecule has 1 aromatic carbocycles. The van der Waals surface area contributed by atoms with Gasteiger partial charge in [-0.3, -0.25) is 0 Å². The van der Waals surface area contributed by atoms with Crippen LogP contribution in [0.1, 0.15) is 38.2 Å². The molecule has 0 fully saturated rings. The summed E-state index contributed by atoms with van der Waals surface area (Å²) in [5, 5.41) is 3.47. The van der Waals surface area contributed by atoms with E-state index in [9.17, 15) is 0 Å². The van der Waals surface area contributed by atoms with E-state index in [-0.39, 0.29) is 0 Å². The molecule has 0 aliphatic rings. The molecule has 3 N–H and O–H groups in total. The fourth-order valence-corrected chi connectivity index (χ4v) is 1.65. The summed E-state index contributed by atoms with van der Waals surface area (Å²) < 4.78 is 0. The normalized spacial score (nSPS) is 10.7. The molecule has 0 aliphatic carbocycles. The van der Waals surface area contributed by atoms with Crippen molar-refractivity contribution in [2.75, 3.05) is 18.4 Å². The maximum atomic E-state index is 5.46. The number of nitrogens with one attached hydrogen (secondary N) is 1. The zero-order valence-electron chi connectivity index (χ0n) is 9.79. The first-order chi connectivity index (χ1) is 7.25. The molecule has 1 aromatic rings. The van der Waals surface area contributed by atoms with E-state index in [4.69, 9.17) is 5.73 Å². The van der Waals surface area contributed by atoms with Crippen LogP contribution in [0.4, 0.5) is 5.69 Å². The van der Waals surface area contributed by atoms with E-state index in [1.165, 1.54) is 11.3 Å². The van der Waals surface area contributed by atoms with E-state index in [2.05, 4.69) is 43.4 Å². The van der Waals surface area contributed by atoms with Crippen LogP contribution >= 0.6 is 0 Å². The van der Waals surface area contributed by atoms with Crippen LogP contribution in [0.25, 0.3) is 0 Å². The van der Waals surface area contributed by atoms with E-state index in [1.54, 1.807) is 0 Å². The lowest BCUT2D eigenvalue weighted by molar-refractivity contribution is 0.771. The monoisotopic (exact) mass is 206 g/mol. The molecule has 0 heterocycles. The highest BCUT2D eigenvalue weighted by atomic mass is 14.9. The van der Waals surface area contributed by atoms with Gasteiger partial charge in [-0.1, -0.05) is 32.0 Å². The van der Waals surface area contributed by atoms with E-state index in [0.717, 1.165) is 25.9 Å². The van der Waals surface area contributed by atoms with Gasteiger partial charge in [0.25, 0.3) is 0 Å². The Morgan fingerprint density at radius 1 is 1.20 bits per heavy atom. The van der Waals surface area contributed by atoms with Gasteiger partial charge in [-0.05, 0) is 36.9 Å². The Morgan fingerprint density at radius 3 is 2.60 bits per heavy atom. The number of hydrogen-bond acceptors (Lipinski definition) is 2. The zero-order valence-corrected chi connectivity index (χ0v) is 9.79. The van der Waals surface area contributed by atoms with E-state index in [0.29, 0.717) is 5.92 Å². The third-order valence-corrected chi connectivity index (χ3v) is 2.53. The Bertz CT molecular complexity index is 282. The molecule has 0 amide bonds. The molecule has 0 aromatic heterocycles. The third kappa shape index (κ3) is 3.92. The van der Waals surface area contributed by atoms with Crippen LogP contribution in [0.15, 0.2) is 24.3 Å². The first kappa shape index (κ1) is 12.1. The van der Waals surface area contributed by atoms with Crippen molar-refractivity contribution in [2.24, 2.45) is 5.73 Å². The van der Waals surface area contributed by atoms with Gasteiger partial charge in [0.2, 0.25) is 0 Å². The molecule has 1 rings (SSSR count). The number of anilines is 1. The predicted molar refractivity (Wildman–Crippen MR) is 67.3 cm³/mol. The second-order valence-electron chi connectivity index (χ2n) is 4.16. The molecule has 15 heavy (non-hydrogen) atoms. The highest BCUT2D eigenvalue weighted by Crippen LogP contribution is 2.23. The minimum absolute atomic E-state index is 0.572. The van der Waals surface area contributed by atoms with Gasteiger partial charge in [-0.25, -0.2) is 0 Å². The first-order valence-electron chi connectivity index (χ1n) is 5.78. The van der Waals surface area contributed by atoms with Crippen molar-refractivity contribution in [1.82, 2.24) is 0 Å². The van der Waals surface area contributed by atoms with Crippen LogP contribution in [-0.2, 0) is 0 Å². The maximum absolute atomic E-state index is 5.46. The molecule has 2 heteroatoms. The van der Waals surface area contributed by atoms with Crippen molar-refractivity contribution in [3.63, 3.8) is 0 Å². The third-order valence-electron chi connectivity index (χ3n) is 2.53. The van der Waals surface area contributed by atoms with Crippen molar-refractivity contribution in [3.8, 4) is 0 Å². The van der Waals surface area contributed by atoms with Gasteiger partial charge in [-0.15, -0.1) is 0 Å². The summed E-state index contributed by atoms with van der Waals surface area (Å²) in [6.07, 6.45) is 2.24. The van der Waals surface area contributed by atoms with Crippen molar-refractivity contribution in [2.45, 2.75) is 32.6 Å². The first-order valence-corrected chi connectivity index (χ1v) is 5.78. The summed E-state index contributed by atoms with van der Waals surface area (Å²) in [5.41, 5.74) is 8.12. The fraction of sp³-hybridized carbons (Fsp3) is 0.538. The smallest absolute Gasteiger partial charge is 0.0375 e. The summed E-state index contributed by atoms with van der Waals surface area (Å²) in [7, 11) is 0. The van der Waals surface area contributed by atoms with E-state index >= 15 is 0 Å². The lowest BCUT2D eigenvalue weighted by Crippen LogP contribution is -2.07. The van der Waals surface area contributed by atoms with Gasteiger partial charge >= 0.3 is 0 Å². The Balaban J connectivity index is 2.52. The maximum Gasteiger partial charge on any atom is 0.0375 e. The molecule has 0 aliphatic heterocycles. The molecular formula is C13H22N2. The molecule has 0 saturated carbocycles. The highest BCUT2D eigenvalue weighted by Gasteiger charge is 2.04. The number of benzene rings is 1. The highest BCUT2D eigenvalue weighted by molar-refractivity contribution is 5.52. The minimum atomic E-state index is 0.572. The minimum Gasteiger partial charge on any atom is -0.385 e. The van der Waals surface area contributed by atoms with Crippen molar-refractivity contribution >= 4 is 5.69 Å². The molecular weight excluding hydrogens is 184 g/mol. The summed E-state index contributed by atoms with van der Waals surface area (Å²) in [6.45, 7) is 6.25. The molecule has 0 atom stereocenters. The number of rotatable bonds is 6. The van der Waals surface area contributed by atoms with Gasteiger partial charge in [0, 0.05) is 12.2 Å². The van der Waals surface area contributed by atoms with E-state index < -0.39 is 0 Å². The lowest BCUT2D eigenvalue weighted by atomic mass is 10.0. The second-order valence-corrected chi connectivity index (χ2v) is 4.16. The van der Waals surface area contributed by atoms with Crippen LogP contribution in [0.5, 0.6) is 0 Å². The summed E-state index contributed by atoms with van der Waals surface area (Å²) in [4.78, 5) is 0. The molecule has 2 nitrogen and oxygen atoms in total. The van der Waals surface area contributed by atoms with Crippen molar-refractivity contribution in [1.29, 1.82) is 0 Å². The summed E-state index contributed by atoms with van der Waals surface area (Å²) >= 11 is 0. The molecule has 0 unspecified atom stereocenters. The van der Waals surface area contributed by atoms with Crippen LogP contribution in [0.2, 0.25) is 0 Å².